The van der Waals surface area contributed by atoms with Crippen LogP contribution in [0, 0.1) is 11.3 Å². The molecule has 1 aromatic rings. The van der Waals surface area contributed by atoms with Crippen molar-refractivity contribution in [3.63, 3.8) is 0 Å². The van der Waals surface area contributed by atoms with Crippen molar-refractivity contribution in [1.29, 1.82) is 0 Å². The fourth-order valence-electron chi connectivity index (χ4n) is 8.44. The number of piperidine rings is 1. The monoisotopic (exact) mass is 409 g/mol. The second-order valence-electron chi connectivity index (χ2n) is 10.9. The van der Waals surface area contributed by atoms with Gasteiger partial charge in [-0.05, 0) is 57.8 Å². The number of hydrogen-bond donors (Lipinski definition) is 1. The third-order valence-electron chi connectivity index (χ3n) is 9.76. The highest BCUT2D eigenvalue weighted by atomic mass is 16.6. The molecule has 2 fully saturated rings. The van der Waals surface area contributed by atoms with Gasteiger partial charge in [0, 0.05) is 30.0 Å². The van der Waals surface area contributed by atoms with Gasteiger partial charge in [0.2, 0.25) is 0 Å². The van der Waals surface area contributed by atoms with Gasteiger partial charge in [0.1, 0.15) is 17.5 Å². The Hall–Kier alpha value is -1.36. The maximum absolute atomic E-state index is 11.8. The van der Waals surface area contributed by atoms with Crippen LogP contribution in [0.2, 0.25) is 0 Å². The average Bonchev–Trinajstić information content (AvgIpc) is 3.11. The van der Waals surface area contributed by atoms with Crippen molar-refractivity contribution in [1.82, 2.24) is 4.90 Å². The van der Waals surface area contributed by atoms with Gasteiger partial charge in [0.15, 0.2) is 0 Å². The molecule has 30 heavy (non-hydrogen) atoms. The van der Waals surface area contributed by atoms with Crippen molar-refractivity contribution < 1.29 is 14.6 Å². The first-order valence-corrected chi connectivity index (χ1v) is 11.8. The Morgan fingerprint density at radius 3 is 2.93 bits per heavy atom. The zero-order valence-electron chi connectivity index (χ0n) is 18.8. The molecule has 4 bridgehead atoms. The van der Waals surface area contributed by atoms with Crippen LogP contribution < -0.4 is 4.74 Å². The summed E-state index contributed by atoms with van der Waals surface area (Å²) in [6, 6.07) is 7.06. The first kappa shape index (κ1) is 19.3. The third-order valence-corrected chi connectivity index (χ3v) is 9.76. The van der Waals surface area contributed by atoms with Crippen molar-refractivity contribution in [3.8, 4) is 5.75 Å². The van der Waals surface area contributed by atoms with E-state index >= 15 is 0 Å². The van der Waals surface area contributed by atoms with Crippen LogP contribution in [0.3, 0.4) is 0 Å². The van der Waals surface area contributed by atoms with Crippen LogP contribution in [0.4, 0.5) is 0 Å². The number of rotatable bonds is 5. The van der Waals surface area contributed by atoms with E-state index in [0.29, 0.717) is 6.04 Å². The number of hydrogen-bond acceptors (Lipinski definition) is 4. The third kappa shape index (κ3) is 1.91. The summed E-state index contributed by atoms with van der Waals surface area (Å²) < 4.78 is 13.3. The molecule has 4 heteroatoms. The number of fused-ring (bicyclic) bond motifs is 1. The highest BCUT2D eigenvalue weighted by Crippen LogP contribution is 2.74. The van der Waals surface area contributed by atoms with Gasteiger partial charge < -0.3 is 19.5 Å². The van der Waals surface area contributed by atoms with E-state index < -0.39 is 11.2 Å². The fraction of sp³-hybridized carbons (Fsp3) is 0.692. The predicted octanol–water partition coefficient (Wildman–Crippen LogP) is 3.85. The minimum atomic E-state index is -0.781. The molecule has 4 nitrogen and oxygen atoms in total. The number of benzene rings is 1. The first-order valence-electron chi connectivity index (χ1n) is 11.8. The van der Waals surface area contributed by atoms with Gasteiger partial charge in [-0.25, -0.2) is 0 Å². The minimum absolute atomic E-state index is 0.00851. The van der Waals surface area contributed by atoms with E-state index in [1.54, 1.807) is 0 Å². The Labute approximate surface area is 180 Å². The molecule has 0 radical (unpaired) electrons. The SMILES string of the molecule is CCCC[C@@](C)(O)[C@H]1CC23C=C[C@@]1(OC)[C@@H]1Oc4cccc5c4[C@@]12CCN(C)[C@@H]3C5. The van der Waals surface area contributed by atoms with Crippen LogP contribution >= 0.6 is 0 Å². The quantitative estimate of drug-likeness (QED) is 0.750. The first-order chi connectivity index (χ1) is 14.4. The normalized spacial score (nSPS) is 44.5. The van der Waals surface area contributed by atoms with Gasteiger partial charge in [0.25, 0.3) is 0 Å². The molecule has 162 valence electrons. The molecule has 1 N–H and O–H groups in total. The van der Waals surface area contributed by atoms with E-state index in [1.165, 1.54) is 11.1 Å². The summed E-state index contributed by atoms with van der Waals surface area (Å²) in [6.07, 6.45) is 10.8. The molecule has 1 saturated carbocycles. The molecule has 2 spiro atoms. The minimum Gasteiger partial charge on any atom is -0.486 e. The summed E-state index contributed by atoms with van der Waals surface area (Å²) in [6.45, 7) is 5.33. The van der Waals surface area contributed by atoms with Crippen molar-refractivity contribution >= 4 is 0 Å². The number of likely N-dealkylation sites (N-methyl/N-ethyl adjacent to an activating group) is 1. The summed E-state index contributed by atoms with van der Waals surface area (Å²) >= 11 is 0. The zero-order chi connectivity index (χ0) is 20.9. The van der Waals surface area contributed by atoms with Gasteiger partial charge in [0.05, 0.1) is 11.0 Å². The molecular weight excluding hydrogens is 374 g/mol. The highest BCUT2D eigenvalue weighted by Gasteiger charge is 2.79. The number of nitrogens with zero attached hydrogens (tertiary/aromatic N) is 1. The number of aliphatic hydroxyl groups is 1. The Morgan fingerprint density at radius 2 is 2.17 bits per heavy atom. The number of likely N-dealkylation sites (tertiary alicyclic amines) is 1. The zero-order valence-corrected chi connectivity index (χ0v) is 18.8. The predicted molar refractivity (Wildman–Crippen MR) is 117 cm³/mol. The number of methoxy groups -OCH3 is 1. The van der Waals surface area contributed by atoms with E-state index in [9.17, 15) is 5.11 Å². The van der Waals surface area contributed by atoms with E-state index in [2.05, 4.69) is 49.2 Å². The second-order valence-corrected chi connectivity index (χ2v) is 10.9. The molecule has 7 rings (SSSR count). The lowest BCUT2D eigenvalue weighted by molar-refractivity contribution is -0.247. The molecule has 1 aromatic carbocycles. The summed E-state index contributed by atoms with van der Waals surface area (Å²) in [4.78, 5) is 2.57. The maximum atomic E-state index is 11.8. The van der Waals surface area contributed by atoms with Gasteiger partial charge in [-0.3, -0.25) is 0 Å². The summed E-state index contributed by atoms with van der Waals surface area (Å²) in [5.74, 6) is 1.08. The molecule has 0 aromatic heterocycles. The average molecular weight is 410 g/mol. The van der Waals surface area contributed by atoms with Crippen LogP contribution in [-0.4, -0.2) is 54.1 Å². The molecule has 7 atom stereocenters. The second kappa shape index (κ2) is 5.90. The van der Waals surface area contributed by atoms with Crippen LogP contribution in [0.15, 0.2) is 30.4 Å². The maximum Gasteiger partial charge on any atom is 0.142 e. The number of ether oxygens (including phenoxy) is 2. The fourth-order valence-corrected chi connectivity index (χ4v) is 8.44. The van der Waals surface area contributed by atoms with Gasteiger partial charge in [-0.2, -0.15) is 0 Å². The van der Waals surface area contributed by atoms with Crippen LogP contribution in [0.25, 0.3) is 0 Å². The van der Waals surface area contributed by atoms with Crippen molar-refractivity contribution in [2.45, 2.75) is 81.1 Å². The molecule has 0 amide bonds. The van der Waals surface area contributed by atoms with Crippen LogP contribution in [-0.2, 0) is 16.6 Å². The van der Waals surface area contributed by atoms with Crippen molar-refractivity contribution in [2.75, 3.05) is 20.7 Å². The molecule has 2 aliphatic heterocycles. The Kier molecular flexibility index (Phi) is 3.81. The Morgan fingerprint density at radius 1 is 1.33 bits per heavy atom. The van der Waals surface area contributed by atoms with Crippen molar-refractivity contribution in [2.24, 2.45) is 11.3 Å². The molecule has 4 aliphatic carbocycles. The standard InChI is InChI=1S/C26H35NO3/c1-5-6-10-23(2,28)19-16-24-11-12-26(19,29-4)22-25(24)13-14-27(3)20(24)15-17-8-7-9-18(30-22)21(17)25/h7-9,11-12,19-20,22,28H,5-6,10,13-16H2,1-4H3/t19-,20-,22-,23-,24?,25+,26+/m1/s1. The van der Waals surface area contributed by atoms with Gasteiger partial charge >= 0.3 is 0 Å². The topological polar surface area (TPSA) is 41.9 Å². The summed E-state index contributed by atoms with van der Waals surface area (Å²) in [7, 11) is 4.11. The molecule has 2 heterocycles. The molecule has 1 saturated heterocycles. The molecular formula is C26H35NO3. The Balaban J connectivity index is 1.60. The smallest absolute Gasteiger partial charge is 0.142 e. The van der Waals surface area contributed by atoms with E-state index in [4.69, 9.17) is 9.47 Å². The van der Waals surface area contributed by atoms with Gasteiger partial charge in [-0.1, -0.05) is 44.1 Å². The van der Waals surface area contributed by atoms with E-state index in [-0.39, 0.29) is 22.9 Å². The van der Waals surface area contributed by atoms with Crippen LogP contribution in [0.5, 0.6) is 5.75 Å². The van der Waals surface area contributed by atoms with Crippen LogP contribution in [0.1, 0.15) is 57.1 Å². The van der Waals surface area contributed by atoms with E-state index in [1.807, 2.05) is 14.0 Å². The highest BCUT2D eigenvalue weighted by molar-refractivity contribution is 5.61. The van der Waals surface area contributed by atoms with E-state index in [0.717, 1.165) is 50.8 Å². The molecule has 1 unspecified atom stereocenters. The largest absolute Gasteiger partial charge is 0.486 e. The molecule has 6 aliphatic rings. The lowest BCUT2D eigenvalue weighted by atomic mass is 9.36. The lowest BCUT2D eigenvalue weighted by Gasteiger charge is -2.72. The van der Waals surface area contributed by atoms with Gasteiger partial charge in [-0.15, -0.1) is 0 Å². The summed E-state index contributed by atoms with van der Waals surface area (Å²) in [5, 5.41) is 11.8. The Bertz CT molecular complexity index is 925. The number of unbranched alkanes of at least 4 members (excludes halogenated alkanes) is 1. The van der Waals surface area contributed by atoms with Crippen molar-refractivity contribution in [3.05, 3.63) is 41.5 Å². The summed E-state index contributed by atoms with van der Waals surface area (Å²) in [5.41, 5.74) is 1.49. The lowest BCUT2D eigenvalue weighted by Crippen LogP contribution is -2.80.